The first-order chi connectivity index (χ1) is 16.9. The van der Waals surface area contributed by atoms with Crippen molar-refractivity contribution in [1.82, 2.24) is 4.90 Å². The van der Waals surface area contributed by atoms with Crippen LogP contribution in [0, 0.1) is 16.7 Å². The van der Waals surface area contributed by atoms with Crippen LogP contribution in [0.4, 0.5) is 0 Å². The maximum Gasteiger partial charge on any atom is 0.165 e. The molecular formula is C31H47NO4. The van der Waals surface area contributed by atoms with Gasteiger partial charge in [-0.15, -0.1) is 0 Å². The van der Waals surface area contributed by atoms with E-state index in [2.05, 4.69) is 51.7 Å². The Morgan fingerprint density at radius 1 is 1.11 bits per heavy atom. The fraction of sp³-hybridized carbons (Fsp3) is 0.806. The largest absolute Gasteiger partial charge is 0.493 e. The zero-order chi connectivity index (χ0) is 25.7. The number of hydrogen-bond donors (Lipinski definition) is 1. The number of likely N-dealkylation sites (tertiary alicyclic amines) is 1. The lowest BCUT2D eigenvalue weighted by atomic mass is 9.40. The lowest BCUT2D eigenvalue weighted by Gasteiger charge is -2.68. The van der Waals surface area contributed by atoms with Gasteiger partial charge in [0.05, 0.1) is 12.7 Å². The molecular weight excluding hydrogens is 450 g/mol. The lowest BCUT2D eigenvalue weighted by molar-refractivity contribution is -0.211. The molecule has 5 heteroatoms. The van der Waals surface area contributed by atoms with Gasteiger partial charge in [-0.25, -0.2) is 0 Å². The smallest absolute Gasteiger partial charge is 0.165 e. The van der Waals surface area contributed by atoms with Gasteiger partial charge in [-0.1, -0.05) is 26.8 Å². The Kier molecular flexibility index (Phi) is 5.46. The molecule has 6 rings (SSSR count). The molecule has 0 unspecified atom stereocenters. The predicted octanol–water partition coefficient (Wildman–Crippen LogP) is 5.50. The normalized spacial score (nSPS) is 38.8. The maximum absolute atomic E-state index is 11.7. The number of methoxy groups -OCH3 is 2. The number of ether oxygens (including phenoxy) is 3. The molecule has 2 heterocycles. The highest BCUT2D eigenvalue weighted by Crippen LogP contribution is 2.72. The van der Waals surface area contributed by atoms with E-state index in [1.54, 1.807) is 7.11 Å². The standard InChI is InChI=1S/C31H47NO4/c1-27(2,3)29(5,33)13-15-30-14-12-28(4,35-7)26-31(30)16-17-32(19-20-8-9-20)23(30)18-21-10-11-22(34-6)25(36-26)24(21)31/h10-11,20,23,26,33H,8-9,12-19H2,1-7H3/t23-,26+,28+,29+,30-,31+/m1/s1. The quantitative estimate of drug-likeness (QED) is 0.539. The molecule has 0 amide bonds. The van der Waals surface area contributed by atoms with Gasteiger partial charge >= 0.3 is 0 Å². The first-order valence-corrected chi connectivity index (χ1v) is 14.3. The zero-order valence-corrected chi connectivity index (χ0v) is 23.6. The van der Waals surface area contributed by atoms with Crippen LogP contribution in [-0.4, -0.2) is 60.7 Å². The van der Waals surface area contributed by atoms with Crippen LogP contribution >= 0.6 is 0 Å². The van der Waals surface area contributed by atoms with Crippen LogP contribution in [0.25, 0.3) is 0 Å². The molecule has 1 aromatic rings. The summed E-state index contributed by atoms with van der Waals surface area (Å²) in [6.07, 6.45) is 8.78. The molecule has 6 atom stereocenters. The van der Waals surface area contributed by atoms with Crippen molar-refractivity contribution < 1.29 is 19.3 Å². The average molecular weight is 498 g/mol. The second-order valence-electron chi connectivity index (χ2n) is 14.2. The van der Waals surface area contributed by atoms with Crippen molar-refractivity contribution in [2.45, 2.75) is 115 Å². The van der Waals surface area contributed by atoms with Crippen molar-refractivity contribution in [1.29, 1.82) is 0 Å². The summed E-state index contributed by atoms with van der Waals surface area (Å²) >= 11 is 0. The Bertz CT molecular complexity index is 1040. The van der Waals surface area contributed by atoms with E-state index in [4.69, 9.17) is 14.2 Å². The summed E-state index contributed by atoms with van der Waals surface area (Å²) in [6.45, 7) is 13.2. The van der Waals surface area contributed by atoms with Crippen molar-refractivity contribution in [3.05, 3.63) is 23.3 Å². The SMILES string of the molecule is COc1ccc2c3c1O[C@@H]1[C@]34CCN(CC3CC3)[C@H](C2)[C@]4(CC[C@](C)(O)C(C)(C)C)CC[C@]1(C)OC. The minimum Gasteiger partial charge on any atom is -0.493 e. The molecule has 1 N–H and O–H groups in total. The van der Waals surface area contributed by atoms with E-state index in [1.807, 2.05) is 7.11 Å². The first-order valence-electron chi connectivity index (χ1n) is 14.3. The van der Waals surface area contributed by atoms with Crippen LogP contribution in [0.1, 0.15) is 90.7 Å². The Hall–Kier alpha value is -1.30. The number of hydrogen-bond acceptors (Lipinski definition) is 5. The van der Waals surface area contributed by atoms with Crippen LogP contribution in [0.2, 0.25) is 0 Å². The summed E-state index contributed by atoms with van der Waals surface area (Å²) < 4.78 is 19.2. The maximum atomic E-state index is 11.7. The molecule has 1 saturated heterocycles. The molecule has 1 aromatic carbocycles. The van der Waals surface area contributed by atoms with Gasteiger partial charge in [0.1, 0.15) is 11.7 Å². The van der Waals surface area contributed by atoms with E-state index in [0.29, 0.717) is 6.04 Å². The van der Waals surface area contributed by atoms with E-state index < -0.39 is 5.60 Å². The molecule has 2 aliphatic heterocycles. The number of rotatable bonds is 7. The van der Waals surface area contributed by atoms with Crippen molar-refractivity contribution in [2.24, 2.45) is 16.7 Å². The number of benzene rings is 1. The van der Waals surface area contributed by atoms with Crippen LogP contribution in [0.5, 0.6) is 11.5 Å². The molecule has 200 valence electrons. The lowest BCUT2D eigenvalue weighted by Crippen LogP contribution is -2.75. The minimum atomic E-state index is -0.734. The number of aliphatic hydroxyl groups is 1. The summed E-state index contributed by atoms with van der Waals surface area (Å²) in [7, 11) is 3.62. The molecule has 1 spiro atoms. The summed E-state index contributed by atoms with van der Waals surface area (Å²) in [6, 6.07) is 4.90. The Morgan fingerprint density at radius 3 is 2.50 bits per heavy atom. The summed E-state index contributed by atoms with van der Waals surface area (Å²) in [5.74, 6) is 2.68. The molecule has 3 fully saturated rings. The van der Waals surface area contributed by atoms with Crippen LogP contribution in [-0.2, 0) is 16.6 Å². The van der Waals surface area contributed by atoms with Crippen molar-refractivity contribution in [3.8, 4) is 11.5 Å². The Labute approximate surface area is 217 Å². The highest BCUT2D eigenvalue weighted by Gasteiger charge is 2.75. The molecule has 5 aliphatic rings. The number of piperidine rings is 1. The monoisotopic (exact) mass is 497 g/mol. The van der Waals surface area contributed by atoms with E-state index in [1.165, 1.54) is 30.5 Å². The summed E-state index contributed by atoms with van der Waals surface area (Å²) in [5.41, 5.74) is 1.52. The average Bonchev–Trinajstić information content (AvgIpc) is 3.57. The van der Waals surface area contributed by atoms with E-state index in [-0.39, 0.29) is 27.9 Å². The highest BCUT2D eigenvalue weighted by atomic mass is 16.6. The number of nitrogens with zero attached hydrogens (tertiary/aromatic N) is 1. The summed E-state index contributed by atoms with van der Waals surface area (Å²) in [4.78, 5) is 2.85. The minimum absolute atomic E-state index is 0.0424. The molecule has 5 nitrogen and oxygen atoms in total. The topological polar surface area (TPSA) is 51.2 Å². The highest BCUT2D eigenvalue weighted by molar-refractivity contribution is 5.62. The van der Waals surface area contributed by atoms with Crippen molar-refractivity contribution >= 4 is 0 Å². The van der Waals surface area contributed by atoms with Gasteiger partial charge in [0.25, 0.3) is 0 Å². The Morgan fingerprint density at radius 2 is 1.86 bits per heavy atom. The van der Waals surface area contributed by atoms with Crippen LogP contribution < -0.4 is 9.47 Å². The zero-order valence-electron chi connectivity index (χ0n) is 23.6. The van der Waals surface area contributed by atoms with Crippen LogP contribution in [0.3, 0.4) is 0 Å². The third-order valence-corrected chi connectivity index (χ3v) is 11.7. The fourth-order valence-corrected chi connectivity index (χ4v) is 8.61. The van der Waals surface area contributed by atoms with E-state index >= 15 is 0 Å². The van der Waals surface area contributed by atoms with Crippen molar-refractivity contribution in [3.63, 3.8) is 0 Å². The molecule has 36 heavy (non-hydrogen) atoms. The first kappa shape index (κ1) is 25.0. The van der Waals surface area contributed by atoms with Gasteiger partial charge in [0, 0.05) is 30.7 Å². The second kappa shape index (κ2) is 7.86. The second-order valence-corrected chi connectivity index (χ2v) is 14.2. The molecule has 0 aromatic heterocycles. The van der Waals surface area contributed by atoms with Gasteiger partial charge in [-0.05, 0) is 100 Å². The molecule has 2 bridgehead atoms. The Balaban J connectivity index is 1.54. The molecule has 0 radical (unpaired) electrons. The van der Waals surface area contributed by atoms with Gasteiger partial charge in [0.15, 0.2) is 11.5 Å². The van der Waals surface area contributed by atoms with Gasteiger partial charge in [-0.3, -0.25) is 4.90 Å². The molecule has 3 aliphatic carbocycles. The third-order valence-electron chi connectivity index (χ3n) is 11.7. The fourth-order valence-electron chi connectivity index (χ4n) is 8.61. The predicted molar refractivity (Wildman–Crippen MR) is 142 cm³/mol. The summed E-state index contributed by atoms with van der Waals surface area (Å²) in [5, 5.41) is 11.7. The van der Waals surface area contributed by atoms with Crippen LogP contribution in [0.15, 0.2) is 12.1 Å². The van der Waals surface area contributed by atoms with Gasteiger partial charge in [0.2, 0.25) is 0 Å². The van der Waals surface area contributed by atoms with Gasteiger partial charge in [-0.2, -0.15) is 0 Å². The van der Waals surface area contributed by atoms with E-state index in [0.717, 1.165) is 62.5 Å². The van der Waals surface area contributed by atoms with Gasteiger partial charge < -0.3 is 19.3 Å². The third kappa shape index (κ3) is 3.18. The molecule has 2 saturated carbocycles. The van der Waals surface area contributed by atoms with E-state index in [9.17, 15) is 5.11 Å². The van der Waals surface area contributed by atoms with Crippen molar-refractivity contribution in [2.75, 3.05) is 27.3 Å².